The molecule has 0 aliphatic rings. The summed E-state index contributed by atoms with van der Waals surface area (Å²) in [6.45, 7) is 0.504. The molecule has 4 nitrogen and oxygen atoms in total. The molecule has 0 bridgehead atoms. The van der Waals surface area contributed by atoms with Gasteiger partial charge in [-0.15, -0.1) is 0 Å². The van der Waals surface area contributed by atoms with Gasteiger partial charge in [0.2, 0.25) is 0 Å². The topological polar surface area (TPSA) is 68.2 Å². The number of nitrogens with zero attached hydrogens (tertiary/aromatic N) is 1. The van der Waals surface area contributed by atoms with Crippen LogP contribution >= 0.6 is 0 Å². The molecule has 82 valence electrons. The Morgan fingerprint density at radius 1 is 1.44 bits per heavy atom. The van der Waals surface area contributed by atoms with Gasteiger partial charge < -0.3 is 15.4 Å². The Morgan fingerprint density at radius 3 is 3.00 bits per heavy atom. The summed E-state index contributed by atoms with van der Waals surface area (Å²) in [4.78, 5) is 10.3. The molecule has 0 unspecified atom stereocenters. The minimum Gasteiger partial charge on any atom is -0.478 e. The van der Waals surface area contributed by atoms with Crippen LogP contribution in [0.1, 0.15) is 0 Å². The molecule has 0 atom stereocenters. The highest BCUT2D eigenvalue weighted by atomic mass is 16.4. The van der Waals surface area contributed by atoms with Gasteiger partial charge in [0.1, 0.15) is 0 Å². The molecule has 3 N–H and O–H groups in total. The second-order valence-corrected chi connectivity index (χ2v) is 3.49. The Morgan fingerprint density at radius 2 is 2.25 bits per heavy atom. The van der Waals surface area contributed by atoms with Gasteiger partial charge in [0.25, 0.3) is 0 Å². The molecule has 0 saturated heterocycles. The normalized spacial score (nSPS) is 11.2. The van der Waals surface area contributed by atoms with E-state index in [1.54, 1.807) is 6.08 Å². The number of carboxylic acid groups (broad SMARTS) is 1. The van der Waals surface area contributed by atoms with Crippen molar-refractivity contribution >= 4 is 22.6 Å². The van der Waals surface area contributed by atoms with Crippen molar-refractivity contribution in [2.45, 2.75) is 6.54 Å². The molecule has 2 aromatic rings. The van der Waals surface area contributed by atoms with E-state index in [-0.39, 0.29) is 0 Å². The molecule has 0 fully saturated rings. The van der Waals surface area contributed by atoms with Gasteiger partial charge in [-0.05, 0) is 12.1 Å². The zero-order valence-electron chi connectivity index (χ0n) is 8.63. The van der Waals surface area contributed by atoms with Crippen LogP contribution in [0.3, 0.4) is 0 Å². The van der Waals surface area contributed by atoms with E-state index in [1.807, 2.05) is 35.0 Å². The summed E-state index contributed by atoms with van der Waals surface area (Å²) in [5.41, 5.74) is 7.51. The fraction of sp³-hybridized carbons (Fsp3) is 0.0833. The second kappa shape index (κ2) is 4.10. The zero-order valence-corrected chi connectivity index (χ0v) is 8.63. The monoisotopic (exact) mass is 216 g/mol. The predicted octanol–water partition coefficient (Wildman–Crippen LogP) is 1.86. The molecule has 2 rings (SSSR count). The van der Waals surface area contributed by atoms with Crippen molar-refractivity contribution in [3.63, 3.8) is 0 Å². The van der Waals surface area contributed by atoms with Crippen LogP contribution < -0.4 is 5.73 Å². The summed E-state index contributed by atoms with van der Waals surface area (Å²) in [6.07, 6.45) is 4.62. The minimum absolute atomic E-state index is 0.504. The van der Waals surface area contributed by atoms with Crippen LogP contribution in [0.4, 0.5) is 5.69 Å². The Hall–Kier alpha value is -2.23. The highest BCUT2D eigenvalue weighted by Gasteiger charge is 2.02. The van der Waals surface area contributed by atoms with E-state index in [1.165, 1.54) is 0 Å². The summed E-state index contributed by atoms with van der Waals surface area (Å²) in [7, 11) is 0. The summed E-state index contributed by atoms with van der Waals surface area (Å²) in [5, 5.41) is 9.55. The van der Waals surface area contributed by atoms with Crippen LogP contribution in [0, 0.1) is 0 Å². The number of benzene rings is 1. The number of hydrogen-bond donors (Lipinski definition) is 2. The maximum absolute atomic E-state index is 10.3. The summed E-state index contributed by atoms with van der Waals surface area (Å²) >= 11 is 0. The first kappa shape index (κ1) is 10.3. The molecule has 1 heterocycles. The number of anilines is 1. The van der Waals surface area contributed by atoms with E-state index in [0.29, 0.717) is 12.2 Å². The minimum atomic E-state index is -0.940. The molecule has 0 radical (unpaired) electrons. The highest BCUT2D eigenvalue weighted by Crippen LogP contribution is 2.21. The Kier molecular flexibility index (Phi) is 2.64. The molecule has 0 aliphatic heterocycles. The van der Waals surface area contributed by atoms with Crippen molar-refractivity contribution in [2.75, 3.05) is 5.73 Å². The summed E-state index contributed by atoms with van der Waals surface area (Å²) in [6, 6.07) is 7.66. The maximum Gasteiger partial charge on any atom is 0.328 e. The van der Waals surface area contributed by atoms with Gasteiger partial charge >= 0.3 is 5.97 Å². The first-order chi connectivity index (χ1) is 7.68. The quantitative estimate of drug-likeness (QED) is 0.607. The van der Waals surface area contributed by atoms with Crippen LogP contribution in [-0.2, 0) is 11.3 Å². The Labute approximate surface area is 92.6 Å². The molecule has 16 heavy (non-hydrogen) atoms. The number of allylic oxidation sites excluding steroid dienone is 1. The predicted molar refractivity (Wildman–Crippen MR) is 63.1 cm³/mol. The summed E-state index contributed by atoms with van der Waals surface area (Å²) in [5.74, 6) is -0.940. The first-order valence-corrected chi connectivity index (χ1v) is 4.91. The van der Waals surface area contributed by atoms with Crippen LogP contribution in [0.25, 0.3) is 10.9 Å². The Bertz CT molecular complexity index is 555. The number of para-hydroxylation sites is 1. The number of carbonyl (C=O) groups is 1. The van der Waals surface area contributed by atoms with Crippen molar-refractivity contribution < 1.29 is 9.90 Å². The van der Waals surface area contributed by atoms with Gasteiger partial charge in [-0.1, -0.05) is 18.2 Å². The van der Waals surface area contributed by atoms with Gasteiger partial charge in [0, 0.05) is 24.2 Å². The lowest BCUT2D eigenvalue weighted by molar-refractivity contribution is -0.131. The number of carboxylic acids is 1. The number of aromatic nitrogens is 1. The number of rotatable bonds is 3. The van der Waals surface area contributed by atoms with Crippen LogP contribution in [-0.4, -0.2) is 15.6 Å². The first-order valence-electron chi connectivity index (χ1n) is 4.91. The van der Waals surface area contributed by atoms with E-state index >= 15 is 0 Å². The average Bonchev–Trinajstić information content (AvgIpc) is 2.62. The third-order valence-electron chi connectivity index (χ3n) is 2.38. The lowest BCUT2D eigenvalue weighted by atomic mass is 10.2. The third-order valence-corrected chi connectivity index (χ3v) is 2.38. The van der Waals surface area contributed by atoms with Crippen molar-refractivity contribution in [3.05, 3.63) is 42.6 Å². The summed E-state index contributed by atoms with van der Waals surface area (Å²) < 4.78 is 1.92. The maximum atomic E-state index is 10.3. The lowest BCUT2D eigenvalue weighted by Crippen LogP contribution is -1.97. The van der Waals surface area contributed by atoms with Crippen LogP contribution in [0.2, 0.25) is 0 Å². The molecule has 4 heteroatoms. The van der Waals surface area contributed by atoms with Gasteiger partial charge in [0.15, 0.2) is 0 Å². The third kappa shape index (κ3) is 1.91. The number of nitrogens with two attached hydrogens (primary N) is 1. The largest absolute Gasteiger partial charge is 0.478 e. The average molecular weight is 216 g/mol. The number of hydrogen-bond acceptors (Lipinski definition) is 2. The highest BCUT2D eigenvalue weighted by molar-refractivity contribution is 5.90. The molecular formula is C12H12N2O2. The van der Waals surface area contributed by atoms with Gasteiger partial charge in [-0.25, -0.2) is 4.79 Å². The van der Waals surface area contributed by atoms with Gasteiger partial charge in [0.05, 0.1) is 11.2 Å². The SMILES string of the molecule is Nc1cccc2ccn(C/C=C/C(=O)O)c12. The van der Waals surface area contributed by atoms with Crippen LogP contribution in [0.5, 0.6) is 0 Å². The second-order valence-electron chi connectivity index (χ2n) is 3.49. The number of nitrogen functional groups attached to an aromatic ring is 1. The number of fused-ring (bicyclic) bond motifs is 1. The zero-order chi connectivity index (χ0) is 11.5. The fourth-order valence-electron chi connectivity index (χ4n) is 1.71. The molecular weight excluding hydrogens is 204 g/mol. The molecule has 0 spiro atoms. The van der Waals surface area contributed by atoms with E-state index in [9.17, 15) is 4.79 Å². The van der Waals surface area contributed by atoms with Crippen molar-refractivity contribution in [3.8, 4) is 0 Å². The Balaban J connectivity index is 2.35. The standard InChI is InChI=1S/C12H12N2O2/c13-10-4-1-3-9-6-8-14(12(9)10)7-2-5-11(15)16/h1-6,8H,7,13H2,(H,15,16)/b5-2+. The van der Waals surface area contributed by atoms with Crippen molar-refractivity contribution in [2.24, 2.45) is 0 Å². The van der Waals surface area contributed by atoms with E-state index < -0.39 is 5.97 Å². The van der Waals surface area contributed by atoms with Crippen molar-refractivity contribution in [1.82, 2.24) is 4.57 Å². The van der Waals surface area contributed by atoms with Crippen molar-refractivity contribution in [1.29, 1.82) is 0 Å². The molecule has 1 aromatic carbocycles. The van der Waals surface area contributed by atoms with Gasteiger partial charge in [-0.3, -0.25) is 0 Å². The molecule has 0 saturated carbocycles. The lowest BCUT2D eigenvalue weighted by Gasteiger charge is -2.03. The molecule has 0 aliphatic carbocycles. The van der Waals surface area contributed by atoms with Crippen LogP contribution in [0.15, 0.2) is 42.6 Å². The molecule has 1 aromatic heterocycles. The van der Waals surface area contributed by atoms with E-state index in [2.05, 4.69) is 0 Å². The van der Waals surface area contributed by atoms with E-state index in [0.717, 1.165) is 17.0 Å². The van der Waals surface area contributed by atoms with Gasteiger partial charge in [-0.2, -0.15) is 0 Å². The smallest absolute Gasteiger partial charge is 0.328 e. The van der Waals surface area contributed by atoms with E-state index in [4.69, 9.17) is 10.8 Å². The fourth-order valence-corrected chi connectivity index (χ4v) is 1.71. The number of aliphatic carboxylic acids is 1. The molecule has 0 amide bonds.